The minimum atomic E-state index is -1.12. The molecule has 1 aliphatic carbocycles. The van der Waals surface area contributed by atoms with Crippen LogP contribution < -0.4 is 16.4 Å². The van der Waals surface area contributed by atoms with Crippen molar-refractivity contribution >= 4 is 40.7 Å². The molecule has 0 bridgehead atoms. The second-order valence-electron chi connectivity index (χ2n) is 9.70. The predicted octanol–water partition coefficient (Wildman–Crippen LogP) is 3.76. The fourth-order valence-corrected chi connectivity index (χ4v) is 5.24. The van der Waals surface area contributed by atoms with Gasteiger partial charge in [-0.1, -0.05) is 0 Å². The van der Waals surface area contributed by atoms with Crippen molar-refractivity contribution in [1.82, 2.24) is 24.4 Å². The smallest absolute Gasteiger partial charge is 0.407 e. The zero-order valence-corrected chi connectivity index (χ0v) is 20.3. The molecule has 1 saturated heterocycles. The van der Waals surface area contributed by atoms with Gasteiger partial charge in [0, 0.05) is 43.2 Å². The standard InChI is InChI=1S/C24H27F3N8O3/c25-13-8-16(26)19(17(27)9-13)32-23-31-18-10-29-22(30-14-2-1-7-34(11-14)24(37)38)33-21(18)35(23)15-5-3-12(4-6-15)20(28)36/h8-10,12,14-15H,1-7,11H2,(H2,28,36)(H,31,32)(H,37,38)(H,29,30,33)/t12-,14?,15-. The Labute approximate surface area is 215 Å². The van der Waals surface area contributed by atoms with Crippen LogP contribution in [0.3, 0.4) is 0 Å². The van der Waals surface area contributed by atoms with E-state index in [0.29, 0.717) is 61.9 Å². The molecule has 2 aromatic heterocycles. The molecule has 11 nitrogen and oxygen atoms in total. The summed E-state index contributed by atoms with van der Waals surface area (Å²) in [6.45, 7) is 0.739. The Hall–Kier alpha value is -4.10. The summed E-state index contributed by atoms with van der Waals surface area (Å²) in [5, 5.41) is 15.2. The van der Waals surface area contributed by atoms with Crippen LogP contribution in [0.15, 0.2) is 18.3 Å². The number of carboxylic acid groups (broad SMARTS) is 1. The number of piperidine rings is 1. The quantitative estimate of drug-likeness (QED) is 0.375. The Balaban J connectivity index is 1.50. The van der Waals surface area contributed by atoms with Gasteiger partial charge in [-0.25, -0.2) is 27.9 Å². The van der Waals surface area contributed by atoms with Crippen LogP contribution in [0.4, 0.5) is 35.5 Å². The third-order valence-corrected chi connectivity index (χ3v) is 7.17. The van der Waals surface area contributed by atoms with Crippen molar-refractivity contribution in [1.29, 1.82) is 0 Å². The van der Waals surface area contributed by atoms with Gasteiger partial charge < -0.3 is 26.4 Å². The largest absolute Gasteiger partial charge is 0.465 e. The van der Waals surface area contributed by atoms with Gasteiger partial charge in [-0.05, 0) is 38.5 Å². The van der Waals surface area contributed by atoms with E-state index in [1.165, 1.54) is 11.1 Å². The van der Waals surface area contributed by atoms with Crippen molar-refractivity contribution in [3.8, 4) is 0 Å². The molecule has 1 unspecified atom stereocenters. The molecule has 1 aromatic carbocycles. The molecular weight excluding hydrogens is 505 g/mol. The summed E-state index contributed by atoms with van der Waals surface area (Å²) in [7, 11) is 0. The molecule has 2 amide bonds. The summed E-state index contributed by atoms with van der Waals surface area (Å²) in [6.07, 6.45) is 4.05. The number of nitrogens with one attached hydrogen (secondary N) is 2. The third-order valence-electron chi connectivity index (χ3n) is 7.17. The summed E-state index contributed by atoms with van der Waals surface area (Å²) in [5.74, 6) is -3.57. The second-order valence-corrected chi connectivity index (χ2v) is 9.70. The van der Waals surface area contributed by atoms with E-state index in [1.807, 2.05) is 0 Å². The van der Waals surface area contributed by atoms with Gasteiger partial charge in [0.15, 0.2) is 17.3 Å². The molecule has 1 atom stereocenters. The lowest BCUT2D eigenvalue weighted by molar-refractivity contribution is -0.122. The average molecular weight is 533 g/mol. The lowest BCUT2D eigenvalue weighted by atomic mass is 9.85. The molecule has 5 N–H and O–H groups in total. The van der Waals surface area contributed by atoms with Crippen LogP contribution >= 0.6 is 0 Å². The van der Waals surface area contributed by atoms with Crippen LogP contribution in [0.25, 0.3) is 11.2 Å². The first-order valence-corrected chi connectivity index (χ1v) is 12.4. The van der Waals surface area contributed by atoms with Gasteiger partial charge in [-0.3, -0.25) is 9.36 Å². The predicted molar refractivity (Wildman–Crippen MR) is 131 cm³/mol. The Kier molecular flexibility index (Phi) is 6.95. The van der Waals surface area contributed by atoms with Gasteiger partial charge in [0.05, 0.1) is 6.20 Å². The molecule has 202 valence electrons. The summed E-state index contributed by atoms with van der Waals surface area (Å²) in [6, 6.07) is 0.732. The van der Waals surface area contributed by atoms with E-state index < -0.39 is 29.2 Å². The number of imidazole rings is 1. The number of likely N-dealkylation sites (tertiary alicyclic amines) is 1. The molecule has 1 aliphatic heterocycles. The number of nitrogens with zero attached hydrogens (tertiary/aromatic N) is 5. The number of rotatable bonds is 6. The minimum Gasteiger partial charge on any atom is -0.465 e. The van der Waals surface area contributed by atoms with Crippen LogP contribution in [0.5, 0.6) is 0 Å². The number of nitrogens with two attached hydrogens (primary N) is 1. The normalized spacial score (nSPS) is 21.9. The summed E-state index contributed by atoms with van der Waals surface area (Å²) in [4.78, 5) is 37.8. The first kappa shape index (κ1) is 25.5. The number of hydrogen-bond donors (Lipinski definition) is 4. The molecule has 3 heterocycles. The van der Waals surface area contributed by atoms with Crippen molar-refractivity contribution in [3.63, 3.8) is 0 Å². The van der Waals surface area contributed by atoms with Crippen molar-refractivity contribution < 1.29 is 27.9 Å². The molecular formula is C24H27F3N8O3. The first-order chi connectivity index (χ1) is 18.2. The zero-order valence-electron chi connectivity index (χ0n) is 20.3. The summed E-state index contributed by atoms with van der Waals surface area (Å²) < 4.78 is 44.1. The van der Waals surface area contributed by atoms with E-state index in [4.69, 9.17) is 5.73 Å². The molecule has 3 aromatic rings. The maximum Gasteiger partial charge on any atom is 0.407 e. The number of hydrogen-bond acceptors (Lipinski definition) is 7. The number of halogens is 3. The number of carbonyl (C=O) groups is 2. The number of amides is 2. The highest BCUT2D eigenvalue weighted by Gasteiger charge is 2.30. The van der Waals surface area contributed by atoms with Crippen LogP contribution in [0, 0.1) is 23.4 Å². The van der Waals surface area contributed by atoms with Gasteiger partial charge in [-0.15, -0.1) is 0 Å². The lowest BCUT2D eigenvalue weighted by Gasteiger charge is -2.31. The van der Waals surface area contributed by atoms with E-state index in [9.17, 15) is 27.9 Å². The zero-order chi connectivity index (χ0) is 27.0. The van der Waals surface area contributed by atoms with E-state index in [-0.39, 0.29) is 42.4 Å². The maximum absolute atomic E-state index is 14.5. The van der Waals surface area contributed by atoms with E-state index in [2.05, 4.69) is 25.6 Å². The fourth-order valence-electron chi connectivity index (χ4n) is 5.24. The number of primary amides is 1. The molecule has 14 heteroatoms. The van der Waals surface area contributed by atoms with Gasteiger partial charge in [0.1, 0.15) is 17.0 Å². The molecule has 1 saturated carbocycles. The third kappa shape index (κ3) is 5.15. The SMILES string of the molecule is NC(=O)[C@H]1CC[C@H](n2c(Nc3c(F)cc(F)cc3F)nc3cnc(NC4CCCN(C(=O)O)C4)nc32)CC1. The monoisotopic (exact) mass is 532 g/mol. The topological polar surface area (TPSA) is 151 Å². The highest BCUT2D eigenvalue weighted by molar-refractivity contribution is 5.78. The van der Waals surface area contributed by atoms with Crippen LogP contribution in [0.1, 0.15) is 44.6 Å². The molecule has 2 fully saturated rings. The number of carbonyl (C=O) groups excluding carboxylic acids is 1. The summed E-state index contributed by atoms with van der Waals surface area (Å²) in [5.41, 5.74) is 5.67. The lowest BCUT2D eigenvalue weighted by Crippen LogP contribution is -2.44. The molecule has 0 radical (unpaired) electrons. The molecule has 2 aliphatic rings. The average Bonchev–Trinajstić information content (AvgIpc) is 3.23. The van der Waals surface area contributed by atoms with Gasteiger partial charge in [-0.2, -0.15) is 4.98 Å². The first-order valence-electron chi connectivity index (χ1n) is 12.4. The van der Waals surface area contributed by atoms with Gasteiger partial charge in [0.25, 0.3) is 0 Å². The minimum absolute atomic E-state index is 0.0908. The fraction of sp³-hybridized carbons (Fsp3) is 0.458. The number of aromatic nitrogens is 4. The Morgan fingerprint density at radius 1 is 1.05 bits per heavy atom. The summed E-state index contributed by atoms with van der Waals surface area (Å²) >= 11 is 0. The Morgan fingerprint density at radius 3 is 2.42 bits per heavy atom. The van der Waals surface area contributed by atoms with Crippen LogP contribution in [-0.4, -0.2) is 60.7 Å². The van der Waals surface area contributed by atoms with Crippen LogP contribution in [-0.2, 0) is 4.79 Å². The molecule has 5 rings (SSSR count). The highest BCUT2D eigenvalue weighted by Crippen LogP contribution is 2.37. The number of benzene rings is 1. The van der Waals surface area contributed by atoms with Crippen LogP contribution in [0.2, 0.25) is 0 Å². The number of anilines is 3. The van der Waals surface area contributed by atoms with E-state index in [0.717, 1.165) is 6.42 Å². The van der Waals surface area contributed by atoms with Crippen molar-refractivity contribution in [2.24, 2.45) is 11.7 Å². The maximum atomic E-state index is 14.5. The second kappa shape index (κ2) is 10.3. The van der Waals surface area contributed by atoms with E-state index in [1.54, 1.807) is 4.57 Å². The van der Waals surface area contributed by atoms with E-state index >= 15 is 0 Å². The van der Waals surface area contributed by atoms with Crippen molar-refractivity contribution in [2.45, 2.75) is 50.6 Å². The number of fused-ring (bicyclic) bond motifs is 1. The Morgan fingerprint density at radius 2 is 1.76 bits per heavy atom. The Bertz CT molecular complexity index is 1350. The van der Waals surface area contributed by atoms with Gasteiger partial charge >= 0.3 is 6.09 Å². The highest BCUT2D eigenvalue weighted by atomic mass is 19.1. The van der Waals surface area contributed by atoms with Gasteiger partial charge in [0.2, 0.25) is 17.8 Å². The van der Waals surface area contributed by atoms with Crippen molar-refractivity contribution in [2.75, 3.05) is 23.7 Å². The van der Waals surface area contributed by atoms with Crippen molar-refractivity contribution in [3.05, 3.63) is 35.8 Å². The molecule has 38 heavy (non-hydrogen) atoms. The molecule has 0 spiro atoms.